The molecule has 1 unspecified atom stereocenters. The van der Waals surface area contributed by atoms with Crippen molar-refractivity contribution in [2.75, 3.05) is 19.6 Å². The molecule has 0 aliphatic carbocycles. The van der Waals surface area contributed by atoms with Gasteiger partial charge in [-0.25, -0.2) is 5.01 Å². The highest BCUT2D eigenvalue weighted by molar-refractivity contribution is 5.81. The summed E-state index contributed by atoms with van der Waals surface area (Å²) in [6.07, 6.45) is 1.21. The highest BCUT2D eigenvalue weighted by Crippen LogP contribution is 2.41. The molecule has 3 aliphatic heterocycles. The molecule has 3 aliphatic rings. The molecule has 0 bridgehead atoms. The van der Waals surface area contributed by atoms with E-state index in [-0.39, 0.29) is 0 Å². The summed E-state index contributed by atoms with van der Waals surface area (Å²) in [6.45, 7) is 4.01. The van der Waals surface area contributed by atoms with E-state index in [1.807, 2.05) is 0 Å². The molecule has 1 N–H and O–H groups in total. The minimum atomic E-state index is 0.566. The van der Waals surface area contributed by atoms with Gasteiger partial charge in [0.25, 0.3) is 0 Å². The Balaban J connectivity index is 1.66. The number of hydrogen-bond donors (Lipinski definition) is 1. The number of rotatable bonds is 0. The lowest BCUT2D eigenvalue weighted by atomic mass is 10.0. The molecule has 0 saturated carbocycles. The van der Waals surface area contributed by atoms with Crippen LogP contribution in [0.4, 0.5) is 0 Å². The maximum Gasteiger partial charge on any atom is 0.208 e. The number of hydrazine groups is 1. The molecular weight excluding hydrogens is 212 g/mol. The van der Waals surface area contributed by atoms with Crippen LogP contribution in [0.3, 0.4) is 0 Å². The minimum absolute atomic E-state index is 0.566. The van der Waals surface area contributed by atoms with Gasteiger partial charge >= 0.3 is 0 Å². The van der Waals surface area contributed by atoms with Gasteiger partial charge in [0.2, 0.25) is 5.96 Å². The second-order valence-electron chi connectivity index (χ2n) is 4.86. The Morgan fingerprint density at radius 2 is 2.24 bits per heavy atom. The number of nitrogens with one attached hydrogen (secondary N) is 1. The second-order valence-corrected chi connectivity index (χ2v) is 4.86. The van der Waals surface area contributed by atoms with E-state index in [2.05, 4.69) is 44.6 Å². The summed E-state index contributed by atoms with van der Waals surface area (Å²) in [5.41, 5.74) is 2.98. The topological polar surface area (TPSA) is 30.9 Å². The van der Waals surface area contributed by atoms with Crippen molar-refractivity contribution in [3.8, 4) is 0 Å². The van der Waals surface area contributed by atoms with E-state index in [1.165, 1.54) is 17.5 Å². The fourth-order valence-electron chi connectivity index (χ4n) is 3.17. The van der Waals surface area contributed by atoms with Crippen LogP contribution in [0.2, 0.25) is 0 Å². The molecule has 17 heavy (non-hydrogen) atoms. The first-order valence-electron chi connectivity index (χ1n) is 6.34. The lowest BCUT2D eigenvalue weighted by Crippen LogP contribution is -2.44. The van der Waals surface area contributed by atoms with Gasteiger partial charge in [-0.15, -0.1) is 0 Å². The van der Waals surface area contributed by atoms with Crippen molar-refractivity contribution in [2.45, 2.75) is 19.0 Å². The van der Waals surface area contributed by atoms with Crippen LogP contribution in [0.5, 0.6) is 0 Å². The maximum atomic E-state index is 4.53. The third-order valence-corrected chi connectivity index (χ3v) is 3.93. The van der Waals surface area contributed by atoms with Gasteiger partial charge in [0.05, 0.1) is 12.6 Å². The van der Waals surface area contributed by atoms with Crippen molar-refractivity contribution < 1.29 is 0 Å². The predicted molar refractivity (Wildman–Crippen MR) is 66.4 cm³/mol. The number of fused-ring (bicyclic) bond motifs is 3. The average molecular weight is 228 g/mol. The van der Waals surface area contributed by atoms with Gasteiger partial charge in [0.15, 0.2) is 0 Å². The zero-order valence-electron chi connectivity index (χ0n) is 9.76. The highest BCUT2D eigenvalue weighted by atomic mass is 15.7. The van der Waals surface area contributed by atoms with Crippen LogP contribution >= 0.6 is 0 Å². The van der Waals surface area contributed by atoms with Crippen molar-refractivity contribution in [3.63, 3.8) is 0 Å². The van der Waals surface area contributed by atoms with E-state index in [9.17, 15) is 0 Å². The van der Waals surface area contributed by atoms with E-state index < -0.39 is 0 Å². The molecule has 3 heterocycles. The van der Waals surface area contributed by atoms with E-state index >= 15 is 0 Å². The van der Waals surface area contributed by atoms with Gasteiger partial charge in [-0.1, -0.05) is 24.3 Å². The van der Waals surface area contributed by atoms with Crippen molar-refractivity contribution in [3.05, 3.63) is 35.4 Å². The minimum Gasteiger partial charge on any atom is -0.353 e. The summed E-state index contributed by atoms with van der Waals surface area (Å²) in [5.74, 6) is 1.07. The molecule has 1 fully saturated rings. The second kappa shape index (κ2) is 3.47. The maximum absolute atomic E-state index is 4.53. The predicted octanol–water partition coefficient (Wildman–Crippen LogP) is 1.12. The molecule has 0 radical (unpaired) electrons. The lowest BCUT2D eigenvalue weighted by Gasteiger charge is -2.28. The zero-order valence-corrected chi connectivity index (χ0v) is 9.76. The monoisotopic (exact) mass is 228 g/mol. The van der Waals surface area contributed by atoms with E-state index in [1.54, 1.807) is 0 Å². The summed E-state index contributed by atoms with van der Waals surface area (Å²) in [4.78, 5) is 4.53. The fraction of sp³-hybridized carbons (Fsp3) is 0.462. The summed E-state index contributed by atoms with van der Waals surface area (Å²) < 4.78 is 0. The van der Waals surface area contributed by atoms with Crippen LogP contribution in [0.15, 0.2) is 29.3 Å². The molecule has 0 aromatic heterocycles. The Bertz CT molecular complexity index is 482. The van der Waals surface area contributed by atoms with E-state index in [4.69, 9.17) is 0 Å². The van der Waals surface area contributed by atoms with Gasteiger partial charge < -0.3 is 5.32 Å². The Kier molecular flexibility index (Phi) is 1.93. The number of benzene rings is 1. The van der Waals surface area contributed by atoms with Crippen molar-refractivity contribution >= 4 is 5.96 Å². The number of guanidine groups is 1. The van der Waals surface area contributed by atoms with Crippen molar-refractivity contribution in [1.29, 1.82) is 0 Å². The number of aliphatic imine (C=N–C) groups is 1. The van der Waals surface area contributed by atoms with Gasteiger partial charge in [0.1, 0.15) is 0 Å². The SMILES string of the molecule is c1ccc2c(c1)CN1C2CCN1C1=NCCN1. The van der Waals surface area contributed by atoms with Crippen LogP contribution in [0.25, 0.3) is 0 Å². The van der Waals surface area contributed by atoms with E-state index in [0.717, 1.165) is 32.1 Å². The van der Waals surface area contributed by atoms with Crippen LogP contribution in [0, 0.1) is 0 Å². The van der Waals surface area contributed by atoms with Crippen LogP contribution in [-0.2, 0) is 6.54 Å². The molecule has 1 atom stereocenters. The smallest absolute Gasteiger partial charge is 0.208 e. The number of nitrogens with zero attached hydrogens (tertiary/aromatic N) is 3. The Morgan fingerprint density at radius 3 is 3.12 bits per heavy atom. The Morgan fingerprint density at radius 1 is 1.29 bits per heavy atom. The molecule has 0 spiro atoms. The average Bonchev–Trinajstić information content (AvgIpc) is 3.04. The largest absolute Gasteiger partial charge is 0.353 e. The molecule has 88 valence electrons. The molecule has 1 saturated heterocycles. The first-order chi connectivity index (χ1) is 8.43. The molecule has 1 aromatic carbocycles. The van der Waals surface area contributed by atoms with Crippen LogP contribution in [-0.4, -0.2) is 35.6 Å². The fourth-order valence-corrected chi connectivity index (χ4v) is 3.17. The summed E-state index contributed by atoms with van der Waals surface area (Å²) in [5, 5.41) is 8.16. The normalized spacial score (nSPS) is 26.7. The van der Waals surface area contributed by atoms with Crippen molar-refractivity contribution in [2.24, 2.45) is 4.99 Å². The van der Waals surface area contributed by atoms with E-state index in [0.29, 0.717) is 6.04 Å². The summed E-state index contributed by atoms with van der Waals surface area (Å²) in [6, 6.07) is 9.37. The quantitative estimate of drug-likeness (QED) is 0.722. The highest BCUT2D eigenvalue weighted by Gasteiger charge is 2.40. The standard InChI is InChI=1S/C13H16N4/c1-2-4-11-10(3-1)9-17-12(11)5-8-16(17)13-14-6-7-15-13/h1-4,12H,5-9H2,(H,14,15). The molecule has 4 nitrogen and oxygen atoms in total. The molecule has 4 rings (SSSR count). The third-order valence-electron chi connectivity index (χ3n) is 3.93. The van der Waals surface area contributed by atoms with Gasteiger partial charge in [-0.3, -0.25) is 10.0 Å². The van der Waals surface area contributed by atoms with Gasteiger partial charge in [-0.2, -0.15) is 0 Å². The third kappa shape index (κ3) is 1.30. The van der Waals surface area contributed by atoms with Crippen LogP contribution < -0.4 is 5.32 Å². The summed E-state index contributed by atoms with van der Waals surface area (Å²) >= 11 is 0. The molecular formula is C13H16N4. The molecule has 0 amide bonds. The van der Waals surface area contributed by atoms with Gasteiger partial charge in [-0.05, 0) is 17.5 Å². The lowest BCUT2D eigenvalue weighted by molar-refractivity contribution is 0.0673. The number of hydrogen-bond acceptors (Lipinski definition) is 4. The summed E-state index contributed by atoms with van der Waals surface area (Å²) in [7, 11) is 0. The zero-order chi connectivity index (χ0) is 11.2. The first-order valence-corrected chi connectivity index (χ1v) is 6.34. The Hall–Kier alpha value is -1.55. The van der Waals surface area contributed by atoms with Gasteiger partial charge in [0, 0.05) is 19.6 Å². The molecule has 4 heteroatoms. The van der Waals surface area contributed by atoms with Crippen LogP contribution in [0.1, 0.15) is 23.6 Å². The Labute approximate surface area is 101 Å². The first kappa shape index (κ1) is 9.48. The molecule has 1 aromatic rings. The van der Waals surface area contributed by atoms with Crippen molar-refractivity contribution in [1.82, 2.24) is 15.3 Å².